The molecule has 0 radical (unpaired) electrons. The van der Waals surface area contributed by atoms with Gasteiger partial charge < -0.3 is 0 Å². The Morgan fingerprint density at radius 3 is 2.85 bits per heavy atom. The maximum atomic E-state index is 11.1. The molecule has 0 amide bonds. The van der Waals surface area contributed by atoms with Gasteiger partial charge in [-0.15, -0.1) is 5.10 Å². The molecule has 0 aliphatic heterocycles. The Bertz CT molecular complexity index is 328. The summed E-state index contributed by atoms with van der Waals surface area (Å²) in [5.74, 6) is 0.653. The molecule has 2 rings (SSSR count). The molecule has 1 fully saturated rings. The highest BCUT2D eigenvalue weighted by atomic mass is 79.9. The Hall–Kier alpha value is -0.710. The molecule has 70 valence electrons. The molecule has 1 aromatic rings. The van der Waals surface area contributed by atoms with Crippen LogP contribution in [0.5, 0.6) is 0 Å². The topological polar surface area (TPSA) is 47.8 Å². The van der Waals surface area contributed by atoms with Crippen LogP contribution in [0.15, 0.2) is 4.60 Å². The summed E-state index contributed by atoms with van der Waals surface area (Å²) in [6.45, 7) is 0. The molecule has 1 aliphatic rings. The van der Waals surface area contributed by atoms with Crippen molar-refractivity contribution in [1.82, 2.24) is 15.0 Å². The number of aryl methyl sites for hydroxylation is 1. The second kappa shape index (κ2) is 3.21. The predicted molar refractivity (Wildman–Crippen MR) is 50.3 cm³/mol. The highest BCUT2D eigenvalue weighted by molar-refractivity contribution is 9.10. The van der Waals surface area contributed by atoms with Crippen molar-refractivity contribution < 1.29 is 4.79 Å². The summed E-state index contributed by atoms with van der Waals surface area (Å²) in [7, 11) is 1.86. The number of halogens is 1. The number of rotatable bonds is 1. The van der Waals surface area contributed by atoms with E-state index >= 15 is 0 Å². The first-order valence-electron chi connectivity index (χ1n) is 4.25. The molecule has 1 unspecified atom stereocenters. The van der Waals surface area contributed by atoms with E-state index in [4.69, 9.17) is 0 Å². The Morgan fingerprint density at radius 2 is 2.38 bits per heavy atom. The molecular weight excluding hydrogens is 234 g/mol. The highest BCUT2D eigenvalue weighted by Gasteiger charge is 2.28. The minimum absolute atomic E-state index is 0.307. The van der Waals surface area contributed by atoms with E-state index in [1.165, 1.54) is 0 Å². The largest absolute Gasteiger partial charge is 0.300 e. The van der Waals surface area contributed by atoms with Crippen molar-refractivity contribution in [3.05, 3.63) is 10.3 Å². The van der Waals surface area contributed by atoms with Crippen molar-refractivity contribution in [3.8, 4) is 0 Å². The summed E-state index contributed by atoms with van der Waals surface area (Å²) in [4.78, 5) is 11.1. The van der Waals surface area contributed by atoms with Crippen molar-refractivity contribution >= 4 is 21.7 Å². The lowest BCUT2D eigenvalue weighted by Gasteiger charge is -2.07. The third-order valence-electron chi connectivity index (χ3n) is 2.46. The lowest BCUT2D eigenvalue weighted by molar-refractivity contribution is -0.117. The average molecular weight is 244 g/mol. The molecule has 0 N–H and O–H groups in total. The van der Waals surface area contributed by atoms with E-state index in [1.54, 1.807) is 4.68 Å². The van der Waals surface area contributed by atoms with Crippen molar-refractivity contribution in [3.63, 3.8) is 0 Å². The highest BCUT2D eigenvalue weighted by Crippen LogP contribution is 2.34. The maximum Gasteiger partial charge on any atom is 0.151 e. The van der Waals surface area contributed by atoms with Gasteiger partial charge in [0.2, 0.25) is 0 Å². The smallest absolute Gasteiger partial charge is 0.151 e. The van der Waals surface area contributed by atoms with Gasteiger partial charge in [-0.25, -0.2) is 0 Å². The van der Waals surface area contributed by atoms with Crippen LogP contribution in [0, 0.1) is 0 Å². The van der Waals surface area contributed by atoms with Crippen LogP contribution in [0.2, 0.25) is 0 Å². The fraction of sp³-hybridized carbons (Fsp3) is 0.625. The molecule has 0 saturated heterocycles. The van der Waals surface area contributed by atoms with E-state index in [9.17, 15) is 4.79 Å². The summed E-state index contributed by atoms with van der Waals surface area (Å²) in [5.41, 5.74) is 1.05. The molecule has 4 nitrogen and oxygen atoms in total. The molecule has 13 heavy (non-hydrogen) atoms. The first kappa shape index (κ1) is 8.87. The van der Waals surface area contributed by atoms with Gasteiger partial charge in [0.05, 0.1) is 5.69 Å². The first-order chi connectivity index (χ1) is 6.18. The zero-order valence-corrected chi connectivity index (χ0v) is 8.91. The summed E-state index contributed by atoms with van der Waals surface area (Å²) in [6.07, 6.45) is 2.26. The van der Waals surface area contributed by atoms with Gasteiger partial charge in [-0.2, -0.15) is 0 Å². The number of hydrogen-bond donors (Lipinski definition) is 0. The number of hydrogen-bond acceptors (Lipinski definition) is 3. The zero-order valence-electron chi connectivity index (χ0n) is 7.33. The van der Waals surface area contributed by atoms with Crippen LogP contribution >= 0.6 is 15.9 Å². The first-order valence-corrected chi connectivity index (χ1v) is 5.04. The minimum atomic E-state index is 0.307. The molecule has 0 aromatic carbocycles. The van der Waals surface area contributed by atoms with E-state index in [-0.39, 0.29) is 0 Å². The number of aromatic nitrogens is 3. The number of nitrogens with zero attached hydrogens (tertiary/aromatic N) is 3. The number of ketones is 1. The van der Waals surface area contributed by atoms with Crippen LogP contribution < -0.4 is 0 Å². The van der Waals surface area contributed by atoms with E-state index in [1.807, 2.05) is 7.05 Å². The summed E-state index contributed by atoms with van der Waals surface area (Å²) >= 11 is 3.34. The number of carbonyl (C=O) groups is 1. The quantitative estimate of drug-likeness (QED) is 0.750. The SMILES string of the molecule is Cn1nnc(Br)c1C1CCC(=O)C1. The number of carbonyl (C=O) groups excluding carboxylic acids is 1. The molecule has 1 aliphatic carbocycles. The Kier molecular flexibility index (Phi) is 2.19. The van der Waals surface area contributed by atoms with Crippen LogP contribution in [-0.2, 0) is 11.8 Å². The fourth-order valence-electron chi connectivity index (χ4n) is 1.82. The van der Waals surface area contributed by atoms with Crippen molar-refractivity contribution in [2.75, 3.05) is 0 Å². The Balaban J connectivity index is 2.30. The molecular formula is C8H10BrN3O. The molecule has 1 aromatic heterocycles. The minimum Gasteiger partial charge on any atom is -0.300 e. The van der Waals surface area contributed by atoms with Crippen LogP contribution in [0.1, 0.15) is 30.9 Å². The van der Waals surface area contributed by atoms with Gasteiger partial charge in [-0.05, 0) is 22.4 Å². The standard InChI is InChI=1S/C8H10BrN3O/c1-12-7(8(9)10-11-12)5-2-3-6(13)4-5/h5H,2-4H2,1H3. The molecule has 0 bridgehead atoms. The summed E-state index contributed by atoms with van der Waals surface area (Å²) in [5, 5.41) is 7.80. The molecule has 1 saturated carbocycles. The van der Waals surface area contributed by atoms with Crippen LogP contribution in [-0.4, -0.2) is 20.8 Å². The molecule has 0 spiro atoms. The molecule has 1 atom stereocenters. The van der Waals surface area contributed by atoms with E-state index in [0.717, 1.165) is 16.7 Å². The van der Waals surface area contributed by atoms with Gasteiger partial charge in [0.25, 0.3) is 0 Å². The zero-order chi connectivity index (χ0) is 9.42. The van der Waals surface area contributed by atoms with Gasteiger partial charge in [0.15, 0.2) is 4.60 Å². The Morgan fingerprint density at radius 1 is 1.62 bits per heavy atom. The normalized spacial score (nSPS) is 22.6. The lowest BCUT2D eigenvalue weighted by Crippen LogP contribution is -2.03. The van der Waals surface area contributed by atoms with Crippen molar-refractivity contribution in [2.45, 2.75) is 25.2 Å². The maximum absolute atomic E-state index is 11.1. The van der Waals surface area contributed by atoms with Crippen molar-refractivity contribution in [2.24, 2.45) is 7.05 Å². The molecule has 1 heterocycles. The van der Waals surface area contributed by atoms with E-state index in [0.29, 0.717) is 24.5 Å². The second-order valence-electron chi connectivity index (χ2n) is 3.37. The third kappa shape index (κ3) is 1.52. The third-order valence-corrected chi connectivity index (χ3v) is 3.02. The monoisotopic (exact) mass is 243 g/mol. The summed E-state index contributed by atoms with van der Waals surface area (Å²) < 4.78 is 2.52. The Labute approximate surface area is 84.4 Å². The van der Waals surface area contributed by atoms with Crippen LogP contribution in [0.4, 0.5) is 0 Å². The van der Waals surface area contributed by atoms with Gasteiger partial charge in [-0.1, -0.05) is 5.21 Å². The summed E-state index contributed by atoms with van der Waals surface area (Å²) in [6, 6.07) is 0. The van der Waals surface area contributed by atoms with Gasteiger partial charge in [-0.3, -0.25) is 9.48 Å². The van der Waals surface area contributed by atoms with Gasteiger partial charge >= 0.3 is 0 Å². The van der Waals surface area contributed by atoms with Crippen molar-refractivity contribution in [1.29, 1.82) is 0 Å². The molecule has 5 heteroatoms. The predicted octanol–water partition coefficient (Wildman–Crippen LogP) is 1.41. The second-order valence-corrected chi connectivity index (χ2v) is 4.12. The van der Waals surface area contributed by atoms with E-state index < -0.39 is 0 Å². The van der Waals surface area contributed by atoms with Gasteiger partial charge in [0, 0.05) is 25.8 Å². The number of Topliss-reactive ketones (excluding diaryl/α,β-unsaturated/α-hetero) is 1. The van der Waals surface area contributed by atoms with E-state index in [2.05, 4.69) is 26.2 Å². The van der Waals surface area contributed by atoms with Crippen LogP contribution in [0.25, 0.3) is 0 Å². The lowest BCUT2D eigenvalue weighted by atomic mass is 10.1. The van der Waals surface area contributed by atoms with Crippen LogP contribution in [0.3, 0.4) is 0 Å². The van der Waals surface area contributed by atoms with Gasteiger partial charge in [0.1, 0.15) is 5.78 Å². The fourth-order valence-corrected chi connectivity index (χ4v) is 2.47. The average Bonchev–Trinajstić information content (AvgIpc) is 2.60.